The molecule has 3 aromatic rings. The first-order valence-electron chi connectivity index (χ1n) is 8.04. The number of allylic oxidation sites excluding steroid dienone is 2. The van der Waals surface area contributed by atoms with E-state index >= 15 is 0 Å². The number of aromatic carboxylic acids is 1. The van der Waals surface area contributed by atoms with Gasteiger partial charge in [-0.25, -0.2) is 19.2 Å². The van der Waals surface area contributed by atoms with Gasteiger partial charge in [-0.3, -0.25) is 4.79 Å². The number of carbonyl (C=O) groups excluding carboxylic acids is 1. The average Bonchev–Trinajstić information content (AvgIpc) is 2.64. The number of hydrogen-bond acceptors (Lipinski definition) is 4. The molecule has 0 spiro atoms. The number of benzene rings is 2. The number of halogens is 1. The van der Waals surface area contributed by atoms with E-state index in [1.54, 1.807) is 12.1 Å². The van der Waals surface area contributed by atoms with Gasteiger partial charge in [-0.1, -0.05) is 24.3 Å². The summed E-state index contributed by atoms with van der Waals surface area (Å²) < 4.78 is 13.6. The summed E-state index contributed by atoms with van der Waals surface area (Å²) in [6.45, 7) is 0. The number of ketones is 1. The second-order valence-corrected chi connectivity index (χ2v) is 6.06. The van der Waals surface area contributed by atoms with Gasteiger partial charge >= 0.3 is 5.97 Å². The topological polar surface area (TPSA) is 80.1 Å². The molecule has 1 aliphatic carbocycles. The van der Waals surface area contributed by atoms with Crippen LogP contribution in [-0.4, -0.2) is 26.8 Å². The van der Waals surface area contributed by atoms with Crippen LogP contribution in [0.3, 0.4) is 0 Å². The summed E-state index contributed by atoms with van der Waals surface area (Å²) in [6.07, 6.45) is 2.33. The van der Waals surface area contributed by atoms with Crippen molar-refractivity contribution in [3.63, 3.8) is 0 Å². The molecular weight excluding hydrogens is 335 g/mol. The van der Waals surface area contributed by atoms with Crippen LogP contribution in [0.5, 0.6) is 0 Å². The van der Waals surface area contributed by atoms with Crippen molar-refractivity contribution in [1.82, 2.24) is 9.97 Å². The van der Waals surface area contributed by atoms with Crippen molar-refractivity contribution in [2.24, 2.45) is 0 Å². The fraction of sp³-hybridized carbons (Fsp3) is 0.100. The van der Waals surface area contributed by atoms with Crippen molar-refractivity contribution in [3.8, 4) is 0 Å². The van der Waals surface area contributed by atoms with E-state index in [9.17, 15) is 14.0 Å². The molecule has 1 aliphatic rings. The predicted octanol–water partition coefficient (Wildman–Crippen LogP) is 3.68. The largest absolute Gasteiger partial charge is 0.478 e. The number of carboxylic acid groups (broad SMARTS) is 1. The van der Waals surface area contributed by atoms with Crippen LogP contribution >= 0.6 is 0 Å². The van der Waals surface area contributed by atoms with Gasteiger partial charge < -0.3 is 5.11 Å². The maximum atomic E-state index is 13.6. The number of fused-ring (bicyclic) bond motifs is 2. The van der Waals surface area contributed by atoms with Gasteiger partial charge in [0.2, 0.25) is 0 Å². The summed E-state index contributed by atoms with van der Waals surface area (Å²) in [5.41, 5.74) is 3.18. The Labute approximate surface area is 147 Å². The zero-order valence-electron chi connectivity index (χ0n) is 13.6. The molecule has 0 fully saturated rings. The molecule has 1 heterocycles. The smallest absolute Gasteiger partial charge is 0.338 e. The Hall–Kier alpha value is -3.41. The lowest BCUT2D eigenvalue weighted by Crippen LogP contribution is -2.14. The third-order valence-corrected chi connectivity index (χ3v) is 4.33. The minimum Gasteiger partial charge on any atom is -0.478 e. The first-order valence-corrected chi connectivity index (χ1v) is 8.04. The quantitative estimate of drug-likeness (QED) is 0.781. The number of aromatic nitrogens is 2. The van der Waals surface area contributed by atoms with E-state index in [1.165, 1.54) is 12.1 Å². The van der Waals surface area contributed by atoms with Crippen molar-refractivity contribution in [3.05, 3.63) is 76.9 Å². The summed E-state index contributed by atoms with van der Waals surface area (Å²) >= 11 is 0. The van der Waals surface area contributed by atoms with E-state index in [-0.39, 0.29) is 17.8 Å². The highest BCUT2D eigenvalue weighted by Gasteiger charge is 2.23. The molecule has 0 atom stereocenters. The van der Waals surface area contributed by atoms with Crippen LogP contribution in [-0.2, 0) is 6.42 Å². The van der Waals surface area contributed by atoms with Crippen molar-refractivity contribution in [1.29, 1.82) is 0 Å². The zero-order chi connectivity index (χ0) is 18.3. The molecular formula is C20H13FN2O3. The first kappa shape index (κ1) is 16.1. The maximum Gasteiger partial charge on any atom is 0.338 e. The SMILES string of the molecule is O=C(O)c1cc(CC2=CCC(=O)c3nc4ccccc4nc32)ccc1F. The number of rotatable bonds is 3. The minimum atomic E-state index is -1.32. The van der Waals surface area contributed by atoms with Gasteiger partial charge in [0, 0.05) is 6.42 Å². The predicted molar refractivity (Wildman–Crippen MR) is 93.5 cm³/mol. The highest BCUT2D eigenvalue weighted by atomic mass is 19.1. The van der Waals surface area contributed by atoms with Crippen LogP contribution in [0, 0.1) is 5.82 Å². The summed E-state index contributed by atoms with van der Waals surface area (Å²) in [5.74, 6) is -2.20. The Morgan fingerprint density at radius 2 is 1.77 bits per heavy atom. The van der Waals surface area contributed by atoms with Gasteiger partial charge in [-0.2, -0.15) is 0 Å². The van der Waals surface area contributed by atoms with Crippen molar-refractivity contribution < 1.29 is 19.1 Å². The van der Waals surface area contributed by atoms with Crippen molar-refractivity contribution in [2.75, 3.05) is 0 Å². The highest BCUT2D eigenvalue weighted by Crippen LogP contribution is 2.29. The summed E-state index contributed by atoms with van der Waals surface area (Å²) in [6, 6.07) is 11.3. The van der Waals surface area contributed by atoms with E-state index < -0.39 is 11.8 Å². The molecule has 6 heteroatoms. The summed E-state index contributed by atoms with van der Waals surface area (Å²) in [7, 11) is 0. The fourth-order valence-corrected chi connectivity index (χ4v) is 3.05. The molecule has 0 aliphatic heterocycles. The molecule has 0 radical (unpaired) electrons. The Balaban J connectivity index is 1.77. The molecule has 0 amide bonds. The average molecular weight is 348 g/mol. The third-order valence-electron chi connectivity index (χ3n) is 4.33. The fourth-order valence-electron chi connectivity index (χ4n) is 3.05. The lowest BCUT2D eigenvalue weighted by Gasteiger charge is -2.16. The standard InChI is InChI=1S/C20H13FN2O3/c21-14-7-5-11(10-13(14)20(25)26)9-12-6-8-17(24)19-18(12)22-15-3-1-2-4-16(15)23-19/h1-7,10H,8-9H2,(H,25,26). The van der Waals surface area contributed by atoms with E-state index in [1.807, 2.05) is 18.2 Å². The Morgan fingerprint density at radius 1 is 1.08 bits per heavy atom. The monoisotopic (exact) mass is 348 g/mol. The third kappa shape index (κ3) is 2.75. The van der Waals surface area contributed by atoms with Crippen LogP contribution in [0.1, 0.15) is 38.5 Å². The Kier molecular flexibility index (Phi) is 3.80. The zero-order valence-corrected chi connectivity index (χ0v) is 13.6. The number of para-hydroxylation sites is 2. The second-order valence-electron chi connectivity index (χ2n) is 6.06. The Morgan fingerprint density at radius 3 is 2.46 bits per heavy atom. The molecule has 0 bridgehead atoms. The van der Waals surface area contributed by atoms with E-state index in [2.05, 4.69) is 9.97 Å². The van der Waals surface area contributed by atoms with Gasteiger partial charge in [0.15, 0.2) is 5.78 Å². The number of nitrogens with zero attached hydrogens (tertiary/aromatic N) is 2. The number of hydrogen-bond donors (Lipinski definition) is 1. The molecule has 2 aromatic carbocycles. The highest BCUT2D eigenvalue weighted by molar-refractivity contribution is 6.04. The number of carboxylic acids is 1. The Bertz CT molecular complexity index is 1110. The lowest BCUT2D eigenvalue weighted by atomic mass is 9.92. The van der Waals surface area contributed by atoms with Crippen LogP contribution in [0.4, 0.5) is 4.39 Å². The lowest BCUT2D eigenvalue weighted by molar-refractivity contribution is 0.0691. The van der Waals surface area contributed by atoms with Crippen LogP contribution in [0.25, 0.3) is 16.6 Å². The van der Waals surface area contributed by atoms with Gasteiger partial charge in [-0.15, -0.1) is 0 Å². The summed E-state index contributed by atoms with van der Waals surface area (Å²) in [4.78, 5) is 32.4. The summed E-state index contributed by atoms with van der Waals surface area (Å²) in [5, 5.41) is 9.09. The minimum absolute atomic E-state index is 0.104. The molecule has 0 unspecified atom stereocenters. The molecule has 128 valence electrons. The molecule has 5 nitrogen and oxygen atoms in total. The molecule has 0 saturated heterocycles. The van der Waals surface area contributed by atoms with Gasteiger partial charge in [0.05, 0.1) is 22.3 Å². The van der Waals surface area contributed by atoms with Gasteiger partial charge in [-0.05, 0) is 41.8 Å². The molecule has 0 saturated carbocycles. The van der Waals surface area contributed by atoms with E-state index in [4.69, 9.17) is 5.11 Å². The molecule has 1 aromatic heterocycles. The van der Waals surface area contributed by atoms with Crippen LogP contribution < -0.4 is 0 Å². The van der Waals surface area contributed by atoms with Crippen molar-refractivity contribution in [2.45, 2.75) is 12.8 Å². The van der Waals surface area contributed by atoms with Crippen LogP contribution in [0.2, 0.25) is 0 Å². The molecule has 4 rings (SSSR count). The maximum absolute atomic E-state index is 13.6. The van der Waals surface area contributed by atoms with Crippen molar-refractivity contribution >= 4 is 28.4 Å². The van der Waals surface area contributed by atoms with E-state index in [0.29, 0.717) is 34.4 Å². The second kappa shape index (κ2) is 6.15. The first-order chi connectivity index (χ1) is 12.5. The van der Waals surface area contributed by atoms with Gasteiger partial charge in [0.1, 0.15) is 11.5 Å². The normalized spacial score (nSPS) is 13.4. The molecule has 1 N–H and O–H groups in total. The number of Topliss-reactive ketones (excluding diaryl/α,β-unsaturated/α-hetero) is 1. The molecule has 26 heavy (non-hydrogen) atoms. The van der Waals surface area contributed by atoms with Crippen LogP contribution in [0.15, 0.2) is 48.5 Å². The van der Waals surface area contributed by atoms with Gasteiger partial charge in [0.25, 0.3) is 0 Å². The number of carbonyl (C=O) groups is 2. The van der Waals surface area contributed by atoms with E-state index in [0.717, 1.165) is 11.6 Å².